The van der Waals surface area contributed by atoms with Crippen molar-refractivity contribution in [1.82, 2.24) is 20.0 Å². The zero-order valence-electron chi connectivity index (χ0n) is 16.7. The molecule has 30 heavy (non-hydrogen) atoms. The highest BCUT2D eigenvalue weighted by Crippen LogP contribution is 2.30. The summed E-state index contributed by atoms with van der Waals surface area (Å²) in [6.45, 7) is 6.05. The number of hydrogen-bond acceptors (Lipinski definition) is 6. The molecule has 8 heteroatoms. The van der Waals surface area contributed by atoms with Gasteiger partial charge < -0.3 is 9.32 Å². The van der Waals surface area contributed by atoms with Crippen molar-refractivity contribution in [3.63, 3.8) is 0 Å². The number of aromatic nitrogens is 2. The smallest absolute Gasteiger partial charge is 0.277 e. The molecule has 1 aliphatic heterocycles. The number of carbonyl (C=O) groups excluding carboxylic acids is 1. The van der Waals surface area contributed by atoms with Crippen LogP contribution in [0.4, 0.5) is 0 Å². The first kappa shape index (κ1) is 21.1. The lowest BCUT2D eigenvalue weighted by Gasteiger charge is -2.35. The van der Waals surface area contributed by atoms with Gasteiger partial charge >= 0.3 is 0 Å². The van der Waals surface area contributed by atoms with Crippen molar-refractivity contribution in [2.75, 3.05) is 26.2 Å². The number of thioether (sulfide) groups is 1. The van der Waals surface area contributed by atoms with Crippen molar-refractivity contribution >= 4 is 33.6 Å². The molecule has 2 heterocycles. The van der Waals surface area contributed by atoms with Crippen LogP contribution in [0, 0.1) is 0 Å². The van der Waals surface area contributed by atoms with Crippen molar-refractivity contribution in [2.45, 2.75) is 23.9 Å². The van der Waals surface area contributed by atoms with Crippen LogP contribution in [-0.4, -0.2) is 57.3 Å². The third kappa shape index (κ3) is 5.11. The van der Waals surface area contributed by atoms with Crippen molar-refractivity contribution in [1.29, 1.82) is 0 Å². The summed E-state index contributed by atoms with van der Waals surface area (Å²) in [7, 11) is 0. The maximum Gasteiger partial charge on any atom is 0.277 e. The Morgan fingerprint density at radius 3 is 2.50 bits per heavy atom. The van der Waals surface area contributed by atoms with Crippen LogP contribution in [0.15, 0.2) is 68.7 Å². The molecule has 1 fully saturated rings. The second-order valence-corrected chi connectivity index (χ2v) is 9.35. The van der Waals surface area contributed by atoms with Crippen LogP contribution >= 0.6 is 27.7 Å². The monoisotopic (exact) mass is 486 g/mol. The van der Waals surface area contributed by atoms with Gasteiger partial charge in [0, 0.05) is 37.2 Å². The van der Waals surface area contributed by atoms with Gasteiger partial charge in [-0.25, -0.2) is 0 Å². The summed E-state index contributed by atoms with van der Waals surface area (Å²) in [6.07, 6.45) is 0. The van der Waals surface area contributed by atoms with Gasteiger partial charge in [0.15, 0.2) is 0 Å². The van der Waals surface area contributed by atoms with E-state index in [1.807, 2.05) is 42.2 Å². The summed E-state index contributed by atoms with van der Waals surface area (Å²) in [6, 6.07) is 18.1. The van der Waals surface area contributed by atoms with Crippen molar-refractivity contribution in [2.24, 2.45) is 0 Å². The summed E-state index contributed by atoms with van der Waals surface area (Å²) in [5.74, 6) is 0.555. The van der Waals surface area contributed by atoms with Crippen molar-refractivity contribution in [3.05, 3.63) is 64.6 Å². The molecule has 1 amide bonds. The second kappa shape index (κ2) is 9.76. The number of piperazine rings is 1. The molecule has 156 valence electrons. The van der Waals surface area contributed by atoms with Crippen LogP contribution in [-0.2, 0) is 11.3 Å². The highest BCUT2D eigenvalue weighted by atomic mass is 79.9. The van der Waals surface area contributed by atoms with Gasteiger partial charge in [-0.05, 0) is 40.5 Å². The Hall–Kier alpha value is -2.16. The Kier molecular flexibility index (Phi) is 6.86. The number of nitrogens with zero attached hydrogens (tertiary/aromatic N) is 4. The number of halogens is 1. The van der Waals surface area contributed by atoms with Gasteiger partial charge in [-0.1, -0.05) is 54.2 Å². The fourth-order valence-electron chi connectivity index (χ4n) is 3.43. The van der Waals surface area contributed by atoms with E-state index in [4.69, 9.17) is 4.42 Å². The van der Waals surface area contributed by atoms with Gasteiger partial charge in [-0.2, -0.15) is 0 Å². The lowest BCUT2D eigenvalue weighted by atomic mass is 10.2. The fraction of sp³-hybridized carbons (Fsp3) is 0.318. The Labute approximate surface area is 188 Å². The van der Waals surface area contributed by atoms with Gasteiger partial charge in [0.25, 0.3) is 5.22 Å². The molecule has 1 unspecified atom stereocenters. The number of amides is 1. The molecule has 4 rings (SSSR count). The summed E-state index contributed by atoms with van der Waals surface area (Å²) >= 11 is 4.80. The van der Waals surface area contributed by atoms with E-state index in [-0.39, 0.29) is 11.2 Å². The molecule has 1 aliphatic rings. The van der Waals surface area contributed by atoms with Gasteiger partial charge in [0.05, 0.1) is 10.8 Å². The first-order chi connectivity index (χ1) is 14.6. The molecular weight excluding hydrogens is 464 g/mol. The summed E-state index contributed by atoms with van der Waals surface area (Å²) in [5, 5.41) is 8.36. The first-order valence-electron chi connectivity index (χ1n) is 9.90. The van der Waals surface area contributed by atoms with Gasteiger partial charge in [0.1, 0.15) is 0 Å². The summed E-state index contributed by atoms with van der Waals surface area (Å²) in [5.41, 5.74) is 2.14. The number of benzene rings is 2. The van der Waals surface area contributed by atoms with Crippen LogP contribution in [0.5, 0.6) is 0 Å². The average Bonchev–Trinajstić information content (AvgIpc) is 3.23. The van der Waals surface area contributed by atoms with Crippen molar-refractivity contribution < 1.29 is 9.21 Å². The zero-order chi connectivity index (χ0) is 20.9. The largest absolute Gasteiger partial charge is 0.411 e. The molecule has 1 saturated heterocycles. The maximum atomic E-state index is 12.9. The van der Waals surface area contributed by atoms with Crippen molar-refractivity contribution in [3.8, 4) is 11.5 Å². The average molecular weight is 487 g/mol. The van der Waals surface area contributed by atoms with E-state index in [9.17, 15) is 4.79 Å². The maximum absolute atomic E-state index is 12.9. The third-order valence-electron chi connectivity index (χ3n) is 5.07. The van der Waals surface area contributed by atoms with E-state index in [2.05, 4.69) is 55.3 Å². The van der Waals surface area contributed by atoms with Crippen LogP contribution in [0.1, 0.15) is 12.5 Å². The molecule has 0 radical (unpaired) electrons. The minimum Gasteiger partial charge on any atom is -0.411 e. The molecule has 6 nitrogen and oxygen atoms in total. The second-order valence-electron chi connectivity index (χ2n) is 7.20. The normalized spacial score (nSPS) is 15.9. The number of rotatable bonds is 6. The molecular formula is C22H23BrN4O2S. The standard InChI is InChI=1S/C22H23BrN4O2S/c1-16(30-22-25-24-20(29-22)18-9-5-6-10-19(18)23)21(28)27-13-11-26(12-14-27)15-17-7-3-2-4-8-17/h2-10,16H,11-15H2,1H3. The summed E-state index contributed by atoms with van der Waals surface area (Å²) < 4.78 is 6.67. The van der Waals surface area contributed by atoms with Crippen LogP contribution in [0.25, 0.3) is 11.5 Å². The van der Waals surface area contributed by atoms with Crippen LogP contribution < -0.4 is 0 Å². The highest BCUT2D eigenvalue weighted by molar-refractivity contribution is 9.10. The molecule has 0 aliphatic carbocycles. The molecule has 1 atom stereocenters. The van der Waals surface area contributed by atoms with Gasteiger partial charge in [-0.3, -0.25) is 9.69 Å². The van der Waals surface area contributed by atoms with E-state index in [1.165, 1.54) is 17.3 Å². The topological polar surface area (TPSA) is 62.5 Å². The molecule has 2 aromatic carbocycles. The highest BCUT2D eigenvalue weighted by Gasteiger charge is 2.27. The van der Waals surface area contributed by atoms with Crippen LogP contribution in [0.2, 0.25) is 0 Å². The summed E-state index contributed by atoms with van der Waals surface area (Å²) in [4.78, 5) is 17.2. The predicted molar refractivity (Wildman–Crippen MR) is 121 cm³/mol. The van der Waals surface area contributed by atoms with Gasteiger partial charge in [0.2, 0.25) is 11.8 Å². The Bertz CT molecular complexity index is 990. The first-order valence-corrected chi connectivity index (χ1v) is 11.6. The predicted octanol–water partition coefficient (Wildman–Crippen LogP) is 4.32. The van der Waals surface area contributed by atoms with E-state index in [0.717, 1.165) is 42.8 Å². The SMILES string of the molecule is CC(Sc1nnc(-c2ccccc2Br)o1)C(=O)N1CCN(Cc2ccccc2)CC1. The zero-order valence-corrected chi connectivity index (χ0v) is 19.1. The molecule has 0 N–H and O–H groups in total. The van der Waals surface area contributed by atoms with E-state index in [0.29, 0.717) is 11.1 Å². The molecule has 0 saturated carbocycles. The van der Waals surface area contributed by atoms with E-state index >= 15 is 0 Å². The molecule has 3 aromatic rings. The lowest BCUT2D eigenvalue weighted by molar-refractivity contribution is -0.132. The number of hydrogen-bond donors (Lipinski definition) is 0. The quantitative estimate of drug-likeness (QED) is 0.483. The molecule has 0 spiro atoms. The Balaban J connectivity index is 1.30. The lowest BCUT2D eigenvalue weighted by Crippen LogP contribution is -2.50. The fourth-order valence-corrected chi connectivity index (χ4v) is 4.65. The molecule has 1 aromatic heterocycles. The minimum absolute atomic E-state index is 0.111. The van der Waals surface area contributed by atoms with Gasteiger partial charge in [-0.15, -0.1) is 10.2 Å². The Morgan fingerprint density at radius 2 is 1.77 bits per heavy atom. The van der Waals surface area contributed by atoms with Crippen LogP contribution in [0.3, 0.4) is 0 Å². The van der Waals surface area contributed by atoms with E-state index in [1.54, 1.807) is 0 Å². The van der Waals surface area contributed by atoms with E-state index < -0.39 is 0 Å². The third-order valence-corrected chi connectivity index (χ3v) is 6.68. The number of carbonyl (C=O) groups is 1. The minimum atomic E-state index is -0.279. The Morgan fingerprint density at radius 1 is 1.07 bits per heavy atom. The molecule has 0 bridgehead atoms.